The molecular weight excluding hydrogens is 500 g/mol. The lowest BCUT2D eigenvalue weighted by atomic mass is 9.98. The Morgan fingerprint density at radius 3 is 2.55 bits per heavy atom. The summed E-state index contributed by atoms with van der Waals surface area (Å²) in [5.41, 5.74) is 4.81. The molecule has 1 aliphatic heterocycles. The number of aliphatic carboxylic acids is 1. The predicted octanol–water partition coefficient (Wildman–Crippen LogP) is 4.99. The topological polar surface area (TPSA) is 133 Å². The number of nitrogens with zero attached hydrogens (tertiary/aromatic N) is 5. The Hall–Kier alpha value is -4.62. The van der Waals surface area contributed by atoms with Crippen LogP contribution in [0.4, 0.5) is 5.69 Å². The first-order chi connectivity index (χ1) is 18.2. The number of rotatable bonds is 5. The number of carboxylic acids is 1. The monoisotopic (exact) mass is 524 g/mol. The van der Waals surface area contributed by atoms with E-state index in [4.69, 9.17) is 10.3 Å². The van der Waals surface area contributed by atoms with Crippen LogP contribution >= 0.6 is 11.3 Å². The van der Waals surface area contributed by atoms with Gasteiger partial charge in [-0.3, -0.25) is 19.1 Å². The average Bonchev–Trinajstić information content (AvgIpc) is 3.38. The second-order valence-corrected chi connectivity index (χ2v) is 10.4. The van der Waals surface area contributed by atoms with Gasteiger partial charge in [-0.2, -0.15) is 5.26 Å². The molecular formula is C28H24N6O3S. The highest BCUT2D eigenvalue weighted by atomic mass is 32.1. The predicted molar refractivity (Wildman–Crippen MR) is 144 cm³/mol. The molecule has 2 aromatic carbocycles. The number of aromatic nitrogens is 3. The number of aryl methyl sites for hydroxylation is 2. The summed E-state index contributed by atoms with van der Waals surface area (Å²) in [6.45, 7) is 7.55. The highest BCUT2D eigenvalue weighted by Gasteiger charge is 2.36. The van der Waals surface area contributed by atoms with Crippen LogP contribution in [0.2, 0.25) is 0 Å². The summed E-state index contributed by atoms with van der Waals surface area (Å²) in [4.78, 5) is 30.9. The minimum absolute atomic E-state index is 0.322. The highest BCUT2D eigenvalue weighted by Crippen LogP contribution is 2.40. The zero-order chi connectivity index (χ0) is 27.1. The lowest BCUT2D eigenvalue weighted by Crippen LogP contribution is -2.21. The third-order valence-corrected chi connectivity index (χ3v) is 7.91. The fourth-order valence-corrected chi connectivity index (χ4v) is 5.68. The Bertz CT molecular complexity index is 1660. The number of nitrogens with one attached hydrogen (secondary N) is 1. The van der Waals surface area contributed by atoms with Gasteiger partial charge in [-0.15, -0.1) is 21.5 Å². The van der Waals surface area contributed by atoms with Crippen molar-refractivity contribution in [2.45, 2.75) is 33.7 Å². The van der Waals surface area contributed by atoms with Crippen molar-refractivity contribution >= 4 is 34.6 Å². The molecule has 0 spiro atoms. The molecule has 5 rings (SSSR count). The van der Waals surface area contributed by atoms with Gasteiger partial charge in [0.2, 0.25) is 0 Å². The minimum atomic E-state index is -0.970. The minimum Gasteiger partial charge on any atom is -0.481 e. The van der Waals surface area contributed by atoms with Gasteiger partial charge in [0.15, 0.2) is 5.82 Å². The fraction of sp³-hybridized carbons (Fsp3) is 0.214. The van der Waals surface area contributed by atoms with Gasteiger partial charge in [0.25, 0.3) is 5.91 Å². The van der Waals surface area contributed by atoms with Crippen LogP contribution in [-0.4, -0.2) is 37.5 Å². The maximum Gasteiger partial charge on any atom is 0.308 e. The standard InChI is InChI=1S/C28H24N6O3S/c1-14-16(3)38-27-22(14)24(31-23(15(2)28(36)37)25-33-32-17(4)34(25)27)19-8-10-21(11-9-19)30-26(35)20-7-5-6-18(12-20)13-29/h5-12,15,23H,1-4H3,(H,30,35)(H,36,37)/t15-,23?/m0/s1. The Balaban J connectivity index is 1.57. The molecule has 0 fully saturated rings. The summed E-state index contributed by atoms with van der Waals surface area (Å²) in [5, 5.41) is 31.3. The van der Waals surface area contributed by atoms with Crippen molar-refractivity contribution in [2.75, 3.05) is 5.32 Å². The van der Waals surface area contributed by atoms with Crippen molar-refractivity contribution < 1.29 is 14.7 Å². The fourth-order valence-electron chi connectivity index (χ4n) is 4.46. The van der Waals surface area contributed by atoms with E-state index in [9.17, 15) is 14.7 Å². The van der Waals surface area contributed by atoms with Crippen LogP contribution in [0.3, 0.4) is 0 Å². The Labute approximate surface area is 223 Å². The molecule has 9 nitrogen and oxygen atoms in total. The van der Waals surface area contributed by atoms with E-state index >= 15 is 0 Å². The van der Waals surface area contributed by atoms with Gasteiger partial charge in [0.05, 0.1) is 23.3 Å². The number of aliphatic imine (C=N–C) groups is 1. The summed E-state index contributed by atoms with van der Waals surface area (Å²) >= 11 is 1.60. The molecule has 38 heavy (non-hydrogen) atoms. The van der Waals surface area contributed by atoms with Crippen LogP contribution < -0.4 is 5.32 Å². The first-order valence-electron chi connectivity index (χ1n) is 11.9. The van der Waals surface area contributed by atoms with Gasteiger partial charge >= 0.3 is 5.97 Å². The number of fused-ring (bicyclic) bond motifs is 3. The molecule has 1 aliphatic rings. The summed E-state index contributed by atoms with van der Waals surface area (Å²) in [7, 11) is 0. The van der Waals surface area contributed by atoms with Gasteiger partial charge in [0.1, 0.15) is 16.9 Å². The molecule has 4 aromatic rings. The van der Waals surface area contributed by atoms with Crippen LogP contribution in [0.5, 0.6) is 0 Å². The first kappa shape index (κ1) is 25.0. The van der Waals surface area contributed by atoms with E-state index in [2.05, 4.69) is 15.5 Å². The lowest BCUT2D eigenvalue weighted by molar-refractivity contribution is -0.141. The summed E-state index contributed by atoms with van der Waals surface area (Å²) in [5.74, 6) is -0.956. The summed E-state index contributed by atoms with van der Waals surface area (Å²) < 4.78 is 1.92. The number of thiophene rings is 1. The van der Waals surface area contributed by atoms with Gasteiger partial charge in [-0.25, -0.2) is 0 Å². The number of carbonyl (C=O) groups is 2. The van der Waals surface area contributed by atoms with Crippen LogP contribution in [0.25, 0.3) is 5.00 Å². The van der Waals surface area contributed by atoms with Crippen molar-refractivity contribution in [3.05, 3.63) is 92.9 Å². The number of amides is 1. The quantitative estimate of drug-likeness (QED) is 0.378. The molecule has 10 heteroatoms. The highest BCUT2D eigenvalue weighted by molar-refractivity contribution is 7.15. The number of hydrogen-bond acceptors (Lipinski definition) is 7. The number of carboxylic acid groups (broad SMARTS) is 1. The average molecular weight is 525 g/mol. The van der Waals surface area contributed by atoms with Gasteiger partial charge < -0.3 is 10.4 Å². The molecule has 2 N–H and O–H groups in total. The Morgan fingerprint density at radius 1 is 1.13 bits per heavy atom. The van der Waals surface area contributed by atoms with Crippen molar-refractivity contribution in [1.82, 2.24) is 14.8 Å². The second kappa shape index (κ2) is 9.68. The van der Waals surface area contributed by atoms with E-state index < -0.39 is 17.9 Å². The van der Waals surface area contributed by atoms with Crippen molar-refractivity contribution in [1.29, 1.82) is 5.26 Å². The number of carbonyl (C=O) groups excluding carboxylic acids is 1. The van der Waals surface area contributed by atoms with Crippen molar-refractivity contribution in [3.8, 4) is 11.1 Å². The van der Waals surface area contributed by atoms with Gasteiger partial charge in [0, 0.05) is 27.3 Å². The third-order valence-electron chi connectivity index (χ3n) is 6.72. The third kappa shape index (κ3) is 4.27. The van der Waals surface area contributed by atoms with Crippen molar-refractivity contribution in [2.24, 2.45) is 10.9 Å². The van der Waals surface area contributed by atoms with Crippen LogP contribution in [0.15, 0.2) is 53.5 Å². The lowest BCUT2D eigenvalue weighted by Gasteiger charge is -2.16. The van der Waals surface area contributed by atoms with Crippen LogP contribution in [0, 0.1) is 38.0 Å². The Kier molecular flexibility index (Phi) is 6.38. The van der Waals surface area contributed by atoms with E-state index in [0.717, 1.165) is 26.6 Å². The molecule has 1 unspecified atom stereocenters. The van der Waals surface area contributed by atoms with E-state index in [0.29, 0.717) is 34.2 Å². The smallest absolute Gasteiger partial charge is 0.308 e. The molecule has 0 saturated heterocycles. The maximum absolute atomic E-state index is 12.7. The first-order valence-corrected chi connectivity index (χ1v) is 12.8. The molecule has 0 aliphatic carbocycles. The molecule has 1 amide bonds. The van der Waals surface area contributed by atoms with E-state index in [-0.39, 0.29) is 5.91 Å². The zero-order valence-corrected chi connectivity index (χ0v) is 22.0. The second-order valence-electron chi connectivity index (χ2n) is 9.18. The Morgan fingerprint density at radius 2 is 1.87 bits per heavy atom. The van der Waals surface area contributed by atoms with Gasteiger partial charge in [-0.05, 0) is 63.6 Å². The van der Waals surface area contributed by atoms with Crippen LogP contribution in [-0.2, 0) is 4.79 Å². The molecule has 2 atom stereocenters. The zero-order valence-electron chi connectivity index (χ0n) is 21.2. The molecule has 2 aromatic heterocycles. The maximum atomic E-state index is 12.7. The number of hydrogen-bond donors (Lipinski definition) is 2. The summed E-state index contributed by atoms with van der Waals surface area (Å²) in [6, 6.07) is 15.1. The SMILES string of the molecule is Cc1sc2c(c1C)C(c1ccc(NC(=O)c3cccc(C#N)c3)cc1)=NC([C@H](C)C(=O)O)c1nnc(C)n1-2. The number of nitriles is 1. The largest absolute Gasteiger partial charge is 0.481 e. The van der Waals surface area contributed by atoms with E-state index in [1.807, 2.05) is 43.5 Å². The van der Waals surface area contributed by atoms with Gasteiger partial charge in [-0.1, -0.05) is 18.2 Å². The van der Waals surface area contributed by atoms with Crippen molar-refractivity contribution in [3.63, 3.8) is 0 Å². The molecule has 0 radical (unpaired) electrons. The normalized spacial score (nSPS) is 14.9. The molecule has 0 bridgehead atoms. The van der Waals surface area contributed by atoms with E-state index in [1.54, 1.807) is 48.6 Å². The number of benzene rings is 2. The molecule has 0 saturated carbocycles. The summed E-state index contributed by atoms with van der Waals surface area (Å²) in [6.07, 6.45) is 0. The van der Waals surface area contributed by atoms with E-state index in [1.165, 1.54) is 6.07 Å². The van der Waals surface area contributed by atoms with Crippen LogP contribution in [0.1, 0.15) is 62.1 Å². The number of anilines is 1. The molecule has 190 valence electrons. The molecule has 3 heterocycles.